The number of methoxy groups -OCH3 is 2. The largest absolute Gasteiger partial charge is 0.497 e. The Bertz CT molecular complexity index is 955. The van der Waals surface area contributed by atoms with Crippen LogP contribution in [0.25, 0.3) is 10.8 Å². The molecule has 0 N–H and O–H groups in total. The Morgan fingerprint density at radius 2 is 1.73 bits per heavy atom. The third-order valence-electron chi connectivity index (χ3n) is 4.27. The average molecular weight is 414 g/mol. The molecule has 0 saturated carbocycles. The van der Waals surface area contributed by atoms with E-state index in [4.69, 9.17) is 9.47 Å². The van der Waals surface area contributed by atoms with Crippen molar-refractivity contribution in [3.63, 3.8) is 0 Å². The number of halogens is 1. The summed E-state index contributed by atoms with van der Waals surface area (Å²) in [4.78, 5) is 14.7. The van der Waals surface area contributed by atoms with Crippen molar-refractivity contribution in [2.75, 3.05) is 21.3 Å². The SMILES string of the molecule is COc1cc(Br)c(OC)c(C(=O)N(C)Cc2ccc3ccccc3c2)c1. The number of benzene rings is 3. The van der Waals surface area contributed by atoms with Gasteiger partial charge in [0.25, 0.3) is 5.91 Å². The summed E-state index contributed by atoms with van der Waals surface area (Å²) in [5.41, 5.74) is 1.53. The van der Waals surface area contributed by atoms with Crippen molar-refractivity contribution in [1.82, 2.24) is 4.90 Å². The Morgan fingerprint density at radius 3 is 2.42 bits per heavy atom. The van der Waals surface area contributed by atoms with E-state index in [0.29, 0.717) is 28.1 Å². The van der Waals surface area contributed by atoms with E-state index in [0.717, 1.165) is 10.9 Å². The third-order valence-corrected chi connectivity index (χ3v) is 4.86. The van der Waals surface area contributed by atoms with Crippen LogP contribution in [0.15, 0.2) is 59.1 Å². The lowest BCUT2D eigenvalue weighted by Gasteiger charge is -2.20. The Kier molecular flexibility index (Phi) is 5.47. The van der Waals surface area contributed by atoms with Gasteiger partial charge in [-0.25, -0.2) is 0 Å². The van der Waals surface area contributed by atoms with E-state index in [9.17, 15) is 4.79 Å². The number of amides is 1. The van der Waals surface area contributed by atoms with Gasteiger partial charge in [-0.1, -0.05) is 36.4 Å². The first kappa shape index (κ1) is 18.3. The standard InChI is InChI=1S/C21H20BrNO3/c1-23(13-14-8-9-15-6-4-5-7-16(15)10-14)21(24)18-11-17(25-2)12-19(22)20(18)26-3/h4-12H,13H2,1-3H3. The molecule has 5 heteroatoms. The molecule has 3 aromatic carbocycles. The lowest BCUT2D eigenvalue weighted by molar-refractivity contribution is 0.0781. The first-order valence-corrected chi connectivity index (χ1v) is 8.97. The van der Waals surface area contributed by atoms with Gasteiger partial charge in [0, 0.05) is 13.6 Å². The highest BCUT2D eigenvalue weighted by molar-refractivity contribution is 9.10. The Morgan fingerprint density at radius 1 is 1.00 bits per heavy atom. The third kappa shape index (κ3) is 3.68. The predicted octanol–water partition coefficient (Wildman–Crippen LogP) is 4.89. The van der Waals surface area contributed by atoms with Crippen LogP contribution in [0, 0.1) is 0 Å². The van der Waals surface area contributed by atoms with E-state index in [1.807, 2.05) is 18.2 Å². The van der Waals surface area contributed by atoms with Crippen molar-refractivity contribution in [3.8, 4) is 11.5 Å². The molecule has 0 aliphatic carbocycles. The van der Waals surface area contributed by atoms with Gasteiger partial charge in [0.1, 0.15) is 11.5 Å². The van der Waals surface area contributed by atoms with Gasteiger partial charge in [-0.05, 0) is 50.5 Å². The number of hydrogen-bond acceptors (Lipinski definition) is 3. The summed E-state index contributed by atoms with van der Waals surface area (Å²) in [5, 5.41) is 2.34. The molecule has 4 nitrogen and oxygen atoms in total. The normalized spacial score (nSPS) is 10.6. The van der Waals surface area contributed by atoms with E-state index in [-0.39, 0.29) is 5.91 Å². The van der Waals surface area contributed by atoms with Gasteiger partial charge in [-0.2, -0.15) is 0 Å². The van der Waals surface area contributed by atoms with Crippen LogP contribution in [0.4, 0.5) is 0 Å². The lowest BCUT2D eigenvalue weighted by Crippen LogP contribution is -2.26. The molecule has 0 radical (unpaired) electrons. The molecule has 0 bridgehead atoms. The van der Waals surface area contributed by atoms with E-state index in [1.54, 1.807) is 38.3 Å². The fraction of sp³-hybridized carbons (Fsp3) is 0.190. The van der Waals surface area contributed by atoms with Crippen LogP contribution >= 0.6 is 15.9 Å². The lowest BCUT2D eigenvalue weighted by atomic mass is 10.1. The van der Waals surface area contributed by atoms with Crippen molar-refractivity contribution < 1.29 is 14.3 Å². The highest BCUT2D eigenvalue weighted by Crippen LogP contribution is 2.34. The predicted molar refractivity (Wildman–Crippen MR) is 107 cm³/mol. The Hall–Kier alpha value is -2.53. The van der Waals surface area contributed by atoms with Crippen LogP contribution in [0.5, 0.6) is 11.5 Å². The second-order valence-electron chi connectivity index (χ2n) is 6.03. The maximum Gasteiger partial charge on any atom is 0.257 e. The Labute approximate surface area is 161 Å². The zero-order valence-corrected chi connectivity index (χ0v) is 16.5. The number of carbonyl (C=O) groups excluding carboxylic acids is 1. The highest BCUT2D eigenvalue weighted by Gasteiger charge is 2.20. The molecule has 0 atom stereocenters. The number of ether oxygens (including phenoxy) is 2. The van der Waals surface area contributed by atoms with E-state index in [2.05, 4.69) is 40.2 Å². The monoisotopic (exact) mass is 413 g/mol. The summed E-state index contributed by atoms with van der Waals surface area (Å²) < 4.78 is 11.4. The van der Waals surface area contributed by atoms with Crippen LogP contribution in [0.3, 0.4) is 0 Å². The molecule has 3 rings (SSSR count). The zero-order valence-electron chi connectivity index (χ0n) is 15.0. The van der Waals surface area contributed by atoms with Crippen molar-refractivity contribution in [2.45, 2.75) is 6.54 Å². The summed E-state index contributed by atoms with van der Waals surface area (Å²) in [6.07, 6.45) is 0. The van der Waals surface area contributed by atoms with E-state index in [1.165, 1.54) is 5.39 Å². The smallest absolute Gasteiger partial charge is 0.257 e. The van der Waals surface area contributed by atoms with Gasteiger partial charge in [0.2, 0.25) is 0 Å². The summed E-state index contributed by atoms with van der Waals surface area (Å²) in [6, 6.07) is 17.9. The number of hydrogen-bond donors (Lipinski definition) is 0. The molecule has 0 saturated heterocycles. The minimum atomic E-state index is -0.130. The van der Waals surface area contributed by atoms with Crippen LogP contribution < -0.4 is 9.47 Å². The maximum atomic E-state index is 13.0. The second-order valence-corrected chi connectivity index (χ2v) is 6.89. The molecular weight excluding hydrogens is 394 g/mol. The van der Waals surface area contributed by atoms with E-state index < -0.39 is 0 Å². The minimum Gasteiger partial charge on any atom is -0.497 e. The fourth-order valence-corrected chi connectivity index (χ4v) is 3.54. The van der Waals surface area contributed by atoms with Crippen molar-refractivity contribution >= 4 is 32.6 Å². The number of nitrogens with zero attached hydrogens (tertiary/aromatic N) is 1. The molecule has 3 aromatic rings. The maximum absolute atomic E-state index is 13.0. The van der Waals surface area contributed by atoms with Crippen molar-refractivity contribution in [1.29, 1.82) is 0 Å². The topological polar surface area (TPSA) is 38.8 Å². The fourth-order valence-electron chi connectivity index (χ4n) is 2.94. The van der Waals surface area contributed by atoms with Gasteiger partial charge < -0.3 is 14.4 Å². The molecule has 0 unspecified atom stereocenters. The quantitative estimate of drug-likeness (QED) is 0.597. The highest BCUT2D eigenvalue weighted by atomic mass is 79.9. The minimum absolute atomic E-state index is 0.130. The van der Waals surface area contributed by atoms with Gasteiger partial charge in [0.15, 0.2) is 0 Å². The van der Waals surface area contributed by atoms with Crippen molar-refractivity contribution in [3.05, 3.63) is 70.2 Å². The van der Waals surface area contributed by atoms with Gasteiger partial charge >= 0.3 is 0 Å². The number of carbonyl (C=O) groups is 1. The summed E-state index contributed by atoms with van der Waals surface area (Å²) >= 11 is 3.43. The van der Waals surface area contributed by atoms with Crippen LogP contribution in [0.2, 0.25) is 0 Å². The zero-order chi connectivity index (χ0) is 18.7. The number of fused-ring (bicyclic) bond motifs is 1. The molecule has 0 spiro atoms. The first-order chi connectivity index (χ1) is 12.5. The average Bonchev–Trinajstić information content (AvgIpc) is 2.66. The van der Waals surface area contributed by atoms with Crippen LogP contribution in [-0.4, -0.2) is 32.1 Å². The summed E-state index contributed by atoms with van der Waals surface area (Å²) in [6.45, 7) is 0.502. The molecular formula is C21H20BrNO3. The summed E-state index contributed by atoms with van der Waals surface area (Å²) in [7, 11) is 4.90. The van der Waals surface area contributed by atoms with Gasteiger partial charge in [-0.3, -0.25) is 4.79 Å². The van der Waals surface area contributed by atoms with E-state index >= 15 is 0 Å². The first-order valence-electron chi connectivity index (χ1n) is 8.18. The molecule has 0 heterocycles. The number of rotatable bonds is 5. The summed E-state index contributed by atoms with van der Waals surface area (Å²) in [5.74, 6) is 0.968. The molecule has 0 aromatic heterocycles. The molecule has 1 amide bonds. The molecule has 0 aliphatic rings. The molecule has 26 heavy (non-hydrogen) atoms. The van der Waals surface area contributed by atoms with Gasteiger partial charge in [0.05, 0.1) is 24.3 Å². The second kappa shape index (κ2) is 7.79. The molecule has 0 aliphatic heterocycles. The van der Waals surface area contributed by atoms with Crippen LogP contribution in [0.1, 0.15) is 15.9 Å². The van der Waals surface area contributed by atoms with Crippen LogP contribution in [-0.2, 0) is 6.54 Å². The molecule has 0 fully saturated rings. The Balaban J connectivity index is 1.88. The molecule has 134 valence electrons. The van der Waals surface area contributed by atoms with Gasteiger partial charge in [-0.15, -0.1) is 0 Å². The van der Waals surface area contributed by atoms with Crippen molar-refractivity contribution in [2.24, 2.45) is 0 Å².